The number of carbonyl (C=O) groups is 2. The summed E-state index contributed by atoms with van der Waals surface area (Å²) in [5.41, 5.74) is 2.64. The number of piperidine rings is 1. The molecule has 0 atom stereocenters. The van der Waals surface area contributed by atoms with Gasteiger partial charge in [0.25, 0.3) is 5.91 Å². The Labute approximate surface area is 193 Å². The molecule has 0 radical (unpaired) electrons. The van der Waals surface area contributed by atoms with Crippen molar-refractivity contribution in [3.63, 3.8) is 0 Å². The second-order valence-corrected chi connectivity index (χ2v) is 7.50. The fourth-order valence-corrected chi connectivity index (χ4v) is 3.40. The number of amides is 3. The Balaban J connectivity index is 1.32. The molecule has 3 amide bonds. The van der Waals surface area contributed by atoms with Crippen LogP contribution in [0.25, 0.3) is 0 Å². The van der Waals surface area contributed by atoms with Crippen LogP contribution < -0.4 is 20.1 Å². The molecule has 3 rings (SSSR count). The lowest BCUT2D eigenvalue weighted by molar-refractivity contribution is -0.125. The van der Waals surface area contributed by atoms with Crippen LogP contribution in [0.3, 0.4) is 0 Å². The molecule has 0 unspecified atom stereocenters. The number of hydrogen-bond donors (Lipinski definition) is 2. The minimum atomic E-state index is -0.237. The number of hydrogen-bond acceptors (Lipinski definition) is 6. The zero-order chi connectivity index (χ0) is 23.5. The predicted octanol–water partition coefficient (Wildman–Crippen LogP) is 3.06. The first kappa shape index (κ1) is 23.9. The van der Waals surface area contributed by atoms with Crippen LogP contribution >= 0.6 is 0 Å². The van der Waals surface area contributed by atoms with Gasteiger partial charge in [0.2, 0.25) is 0 Å². The van der Waals surface area contributed by atoms with Gasteiger partial charge in [0, 0.05) is 38.2 Å². The molecule has 0 spiro atoms. The number of para-hydroxylation sites is 1. The number of methoxy groups -OCH3 is 2. The lowest BCUT2D eigenvalue weighted by Gasteiger charge is -2.27. The van der Waals surface area contributed by atoms with E-state index in [1.807, 2.05) is 48.5 Å². The minimum Gasteiger partial charge on any atom is -0.493 e. The van der Waals surface area contributed by atoms with Crippen LogP contribution in [0.15, 0.2) is 53.7 Å². The third-order valence-corrected chi connectivity index (χ3v) is 5.23. The number of ether oxygens (including phenoxy) is 2. The van der Waals surface area contributed by atoms with Crippen molar-refractivity contribution in [2.24, 2.45) is 5.16 Å². The predicted molar refractivity (Wildman–Crippen MR) is 126 cm³/mol. The van der Waals surface area contributed by atoms with E-state index in [1.54, 1.807) is 19.1 Å². The Bertz CT molecular complexity index is 955. The first-order chi connectivity index (χ1) is 16.1. The largest absolute Gasteiger partial charge is 0.493 e. The van der Waals surface area contributed by atoms with E-state index in [9.17, 15) is 9.59 Å². The second-order valence-electron chi connectivity index (χ2n) is 7.50. The number of urea groups is 1. The number of carbonyl (C=O) groups excluding carboxylic acids is 2. The van der Waals surface area contributed by atoms with Crippen molar-refractivity contribution in [1.82, 2.24) is 10.2 Å². The van der Waals surface area contributed by atoms with Gasteiger partial charge in [-0.15, -0.1) is 0 Å². The number of oxime groups is 1. The Hall–Kier alpha value is -3.75. The van der Waals surface area contributed by atoms with Crippen LogP contribution in [0, 0.1) is 0 Å². The van der Waals surface area contributed by atoms with Crippen LogP contribution in [0.4, 0.5) is 10.5 Å². The Morgan fingerprint density at radius 3 is 2.42 bits per heavy atom. The van der Waals surface area contributed by atoms with Crippen LogP contribution in [-0.2, 0) is 16.1 Å². The zero-order valence-electron chi connectivity index (χ0n) is 19.0. The summed E-state index contributed by atoms with van der Waals surface area (Å²) >= 11 is 0. The quantitative estimate of drug-likeness (QED) is 0.567. The summed E-state index contributed by atoms with van der Waals surface area (Å²) in [6, 6.07) is 14.9. The normalized spacial score (nSPS) is 13.2. The van der Waals surface area contributed by atoms with Gasteiger partial charge in [-0.05, 0) is 36.2 Å². The van der Waals surface area contributed by atoms with Gasteiger partial charge < -0.3 is 29.8 Å². The second kappa shape index (κ2) is 12.3. The van der Waals surface area contributed by atoms with Crippen molar-refractivity contribution in [2.45, 2.75) is 19.3 Å². The average molecular weight is 455 g/mol. The molecule has 176 valence electrons. The molecule has 1 fully saturated rings. The Morgan fingerprint density at radius 1 is 1.00 bits per heavy atom. The molecule has 0 bridgehead atoms. The van der Waals surface area contributed by atoms with E-state index in [1.165, 1.54) is 0 Å². The van der Waals surface area contributed by atoms with E-state index in [2.05, 4.69) is 15.8 Å². The standard InChI is InChI=1S/C24H30N4O5/c1-31-21-9-8-18(16-22(21)32-2)10-13-25-23(29)17-33-27-20-11-14-28(15-12-20)24(30)26-19-6-4-3-5-7-19/h3-9,16H,10-15,17H2,1-2H3,(H,25,29)(H,26,30). The smallest absolute Gasteiger partial charge is 0.321 e. The van der Waals surface area contributed by atoms with Gasteiger partial charge in [0.05, 0.1) is 19.9 Å². The molecule has 2 aromatic carbocycles. The van der Waals surface area contributed by atoms with Crippen molar-refractivity contribution >= 4 is 23.3 Å². The molecule has 2 aromatic rings. The summed E-state index contributed by atoms with van der Waals surface area (Å²) in [6.45, 7) is 1.43. The van der Waals surface area contributed by atoms with Gasteiger partial charge in [0.15, 0.2) is 18.1 Å². The highest BCUT2D eigenvalue weighted by atomic mass is 16.6. The molecule has 1 saturated heterocycles. The number of rotatable bonds is 9. The fraction of sp³-hybridized carbons (Fsp3) is 0.375. The van der Waals surface area contributed by atoms with E-state index < -0.39 is 0 Å². The molecule has 2 N–H and O–H groups in total. The molecule has 0 saturated carbocycles. The van der Waals surface area contributed by atoms with Crippen molar-refractivity contribution in [1.29, 1.82) is 0 Å². The van der Waals surface area contributed by atoms with Gasteiger partial charge in [-0.2, -0.15) is 0 Å². The molecule has 1 heterocycles. The number of nitrogens with zero attached hydrogens (tertiary/aromatic N) is 2. The van der Waals surface area contributed by atoms with Crippen LogP contribution in [-0.4, -0.2) is 63.0 Å². The van der Waals surface area contributed by atoms with Crippen molar-refractivity contribution in [3.8, 4) is 11.5 Å². The Kier molecular flexibility index (Phi) is 8.93. The molecule has 9 heteroatoms. The Morgan fingerprint density at radius 2 is 1.73 bits per heavy atom. The molecular weight excluding hydrogens is 424 g/mol. The van der Waals surface area contributed by atoms with Crippen molar-refractivity contribution < 1.29 is 23.9 Å². The van der Waals surface area contributed by atoms with E-state index in [-0.39, 0.29) is 18.5 Å². The van der Waals surface area contributed by atoms with Crippen LogP contribution in [0.1, 0.15) is 18.4 Å². The van der Waals surface area contributed by atoms with E-state index in [0.717, 1.165) is 17.0 Å². The monoisotopic (exact) mass is 454 g/mol. The van der Waals surface area contributed by atoms with Gasteiger partial charge >= 0.3 is 6.03 Å². The van der Waals surface area contributed by atoms with E-state index in [0.29, 0.717) is 50.4 Å². The maximum atomic E-state index is 12.3. The molecule has 0 aliphatic carbocycles. The van der Waals surface area contributed by atoms with Gasteiger partial charge in [-0.1, -0.05) is 29.4 Å². The van der Waals surface area contributed by atoms with Crippen molar-refractivity contribution in [2.75, 3.05) is 45.8 Å². The summed E-state index contributed by atoms with van der Waals surface area (Å²) in [4.78, 5) is 31.3. The van der Waals surface area contributed by atoms with Gasteiger partial charge in [0.1, 0.15) is 0 Å². The number of anilines is 1. The molecule has 1 aliphatic heterocycles. The maximum Gasteiger partial charge on any atom is 0.321 e. The lowest BCUT2D eigenvalue weighted by atomic mass is 10.1. The lowest BCUT2D eigenvalue weighted by Crippen LogP contribution is -2.41. The minimum absolute atomic E-state index is 0.130. The molecule has 9 nitrogen and oxygen atoms in total. The molecule has 33 heavy (non-hydrogen) atoms. The molecule has 0 aromatic heterocycles. The number of benzene rings is 2. The van der Waals surface area contributed by atoms with Crippen LogP contribution in [0.5, 0.6) is 11.5 Å². The highest BCUT2D eigenvalue weighted by molar-refractivity contribution is 5.92. The summed E-state index contributed by atoms with van der Waals surface area (Å²) < 4.78 is 10.5. The molecular formula is C24H30N4O5. The summed E-state index contributed by atoms with van der Waals surface area (Å²) in [5.74, 6) is 1.09. The van der Waals surface area contributed by atoms with Gasteiger partial charge in [-0.3, -0.25) is 4.79 Å². The van der Waals surface area contributed by atoms with E-state index in [4.69, 9.17) is 14.3 Å². The zero-order valence-corrected chi connectivity index (χ0v) is 19.0. The average Bonchev–Trinajstić information content (AvgIpc) is 2.85. The highest BCUT2D eigenvalue weighted by Gasteiger charge is 2.20. The topological polar surface area (TPSA) is 101 Å². The fourth-order valence-electron chi connectivity index (χ4n) is 3.40. The number of nitrogens with one attached hydrogen (secondary N) is 2. The first-order valence-corrected chi connectivity index (χ1v) is 10.9. The summed E-state index contributed by atoms with van der Waals surface area (Å²) in [5, 5.41) is 9.77. The third kappa shape index (κ3) is 7.41. The SMILES string of the molecule is COc1ccc(CCNC(=O)CON=C2CCN(C(=O)Nc3ccccc3)CC2)cc1OC. The van der Waals surface area contributed by atoms with Crippen LogP contribution in [0.2, 0.25) is 0 Å². The number of likely N-dealkylation sites (tertiary alicyclic amines) is 1. The van der Waals surface area contributed by atoms with Gasteiger partial charge in [-0.25, -0.2) is 4.79 Å². The van der Waals surface area contributed by atoms with Crippen molar-refractivity contribution in [3.05, 3.63) is 54.1 Å². The summed E-state index contributed by atoms with van der Waals surface area (Å²) in [7, 11) is 3.18. The maximum absolute atomic E-state index is 12.3. The molecule has 1 aliphatic rings. The third-order valence-electron chi connectivity index (χ3n) is 5.23. The van der Waals surface area contributed by atoms with E-state index >= 15 is 0 Å². The summed E-state index contributed by atoms with van der Waals surface area (Å²) in [6.07, 6.45) is 1.88. The first-order valence-electron chi connectivity index (χ1n) is 10.9. The highest BCUT2D eigenvalue weighted by Crippen LogP contribution is 2.27.